The lowest BCUT2D eigenvalue weighted by Gasteiger charge is -2.16. The Balaban J connectivity index is 1.85. The standard InChI is InChI=1S/C21H18O2/c1-23-20(22)21(16-10-3-2-4-11-16)14-19(21)18-13-7-9-15-8-5-6-12-17(15)18/h2-13,19H,14H2,1H3/t19-,21-/m1/s1. The molecule has 0 radical (unpaired) electrons. The molecule has 0 bridgehead atoms. The summed E-state index contributed by atoms with van der Waals surface area (Å²) < 4.78 is 5.16. The lowest BCUT2D eigenvalue weighted by atomic mass is 9.89. The maximum atomic E-state index is 12.6. The smallest absolute Gasteiger partial charge is 0.316 e. The fraction of sp³-hybridized carbons (Fsp3) is 0.190. The van der Waals surface area contributed by atoms with Crippen LogP contribution < -0.4 is 0 Å². The first-order valence-corrected chi connectivity index (χ1v) is 7.89. The SMILES string of the molecule is COC(=O)[C@@]1(c2ccccc2)C[C@@H]1c1cccc2ccccc12. The number of carbonyl (C=O) groups excluding carboxylic acids is 1. The summed E-state index contributed by atoms with van der Waals surface area (Å²) in [5, 5.41) is 2.44. The van der Waals surface area contributed by atoms with Crippen molar-refractivity contribution in [2.45, 2.75) is 17.8 Å². The normalized spacial score (nSPS) is 22.7. The summed E-state index contributed by atoms with van der Waals surface area (Å²) >= 11 is 0. The van der Waals surface area contributed by atoms with E-state index in [0.717, 1.165) is 12.0 Å². The average molecular weight is 302 g/mol. The van der Waals surface area contributed by atoms with Gasteiger partial charge in [-0.05, 0) is 28.3 Å². The average Bonchev–Trinajstić information content (AvgIpc) is 3.38. The molecule has 0 unspecified atom stereocenters. The van der Waals surface area contributed by atoms with Crippen LogP contribution in [0.3, 0.4) is 0 Å². The predicted molar refractivity (Wildman–Crippen MR) is 91.4 cm³/mol. The number of esters is 1. The first-order valence-electron chi connectivity index (χ1n) is 7.89. The minimum Gasteiger partial charge on any atom is -0.468 e. The lowest BCUT2D eigenvalue weighted by molar-refractivity contribution is -0.143. The van der Waals surface area contributed by atoms with Crippen molar-refractivity contribution in [3.05, 3.63) is 83.9 Å². The first kappa shape index (κ1) is 14.0. The van der Waals surface area contributed by atoms with E-state index in [2.05, 4.69) is 36.4 Å². The number of carbonyl (C=O) groups is 1. The molecule has 4 rings (SSSR count). The number of benzene rings is 3. The molecule has 1 aliphatic carbocycles. The van der Waals surface area contributed by atoms with Crippen LogP contribution in [0.1, 0.15) is 23.5 Å². The summed E-state index contributed by atoms with van der Waals surface area (Å²) in [6.07, 6.45) is 0.803. The zero-order chi connectivity index (χ0) is 15.9. The van der Waals surface area contributed by atoms with E-state index in [0.29, 0.717) is 0 Å². The zero-order valence-electron chi connectivity index (χ0n) is 13.0. The number of hydrogen-bond acceptors (Lipinski definition) is 2. The molecule has 0 aliphatic heterocycles. The minimum atomic E-state index is -0.542. The van der Waals surface area contributed by atoms with Gasteiger partial charge in [0.05, 0.1) is 7.11 Å². The quantitative estimate of drug-likeness (QED) is 0.669. The highest BCUT2D eigenvalue weighted by Crippen LogP contribution is 2.62. The van der Waals surface area contributed by atoms with E-state index in [1.54, 1.807) is 0 Å². The second-order valence-electron chi connectivity index (χ2n) is 6.15. The van der Waals surface area contributed by atoms with Gasteiger partial charge in [-0.15, -0.1) is 0 Å². The largest absolute Gasteiger partial charge is 0.468 e. The van der Waals surface area contributed by atoms with Crippen molar-refractivity contribution in [3.63, 3.8) is 0 Å². The van der Waals surface area contributed by atoms with Crippen LogP contribution in [-0.4, -0.2) is 13.1 Å². The van der Waals surface area contributed by atoms with Gasteiger partial charge in [0, 0.05) is 5.92 Å². The van der Waals surface area contributed by atoms with Crippen LogP contribution in [0.4, 0.5) is 0 Å². The molecular formula is C21H18O2. The molecule has 23 heavy (non-hydrogen) atoms. The Morgan fingerprint density at radius 2 is 1.65 bits per heavy atom. The van der Waals surface area contributed by atoms with Crippen LogP contribution in [0.15, 0.2) is 72.8 Å². The van der Waals surface area contributed by atoms with Crippen molar-refractivity contribution in [1.82, 2.24) is 0 Å². The molecule has 0 aromatic heterocycles. The van der Waals surface area contributed by atoms with E-state index in [1.165, 1.54) is 23.4 Å². The van der Waals surface area contributed by atoms with Gasteiger partial charge in [0.2, 0.25) is 0 Å². The van der Waals surface area contributed by atoms with Crippen molar-refractivity contribution in [2.75, 3.05) is 7.11 Å². The zero-order valence-corrected chi connectivity index (χ0v) is 13.0. The Bertz CT molecular complexity index is 864. The molecule has 0 amide bonds. The number of fused-ring (bicyclic) bond motifs is 1. The van der Waals surface area contributed by atoms with Crippen molar-refractivity contribution >= 4 is 16.7 Å². The number of rotatable bonds is 3. The Labute approximate surface area is 135 Å². The molecule has 3 aromatic rings. The number of hydrogen-bond donors (Lipinski definition) is 0. The van der Waals surface area contributed by atoms with Crippen LogP contribution in [-0.2, 0) is 14.9 Å². The molecule has 114 valence electrons. The Kier molecular flexibility index (Phi) is 3.19. The molecule has 0 heterocycles. The number of methoxy groups -OCH3 is 1. The third kappa shape index (κ3) is 2.06. The minimum absolute atomic E-state index is 0.137. The van der Waals surface area contributed by atoms with Crippen LogP contribution in [0, 0.1) is 0 Å². The molecular weight excluding hydrogens is 284 g/mol. The maximum absolute atomic E-state index is 12.6. The summed E-state index contributed by atoms with van der Waals surface area (Å²) in [6, 6.07) is 24.7. The number of ether oxygens (including phenoxy) is 1. The molecule has 2 nitrogen and oxygen atoms in total. The van der Waals surface area contributed by atoms with E-state index >= 15 is 0 Å². The Morgan fingerprint density at radius 3 is 2.43 bits per heavy atom. The molecule has 2 atom stereocenters. The third-order valence-electron chi connectivity index (χ3n) is 5.00. The monoisotopic (exact) mass is 302 g/mol. The van der Waals surface area contributed by atoms with E-state index < -0.39 is 5.41 Å². The van der Waals surface area contributed by atoms with Gasteiger partial charge in [0.1, 0.15) is 5.41 Å². The first-order chi connectivity index (χ1) is 11.3. The van der Waals surface area contributed by atoms with E-state index in [4.69, 9.17) is 4.74 Å². The molecule has 0 N–H and O–H groups in total. The summed E-state index contributed by atoms with van der Waals surface area (Å²) in [5.74, 6) is 0.0325. The van der Waals surface area contributed by atoms with E-state index in [-0.39, 0.29) is 11.9 Å². The highest BCUT2D eigenvalue weighted by Gasteiger charge is 2.62. The van der Waals surface area contributed by atoms with Crippen molar-refractivity contribution in [3.8, 4) is 0 Å². The second kappa shape index (κ2) is 5.24. The van der Waals surface area contributed by atoms with Crippen molar-refractivity contribution in [2.24, 2.45) is 0 Å². The molecule has 2 heteroatoms. The van der Waals surface area contributed by atoms with Gasteiger partial charge in [-0.2, -0.15) is 0 Å². The molecule has 1 aliphatic rings. The fourth-order valence-electron chi connectivity index (χ4n) is 3.77. The molecule has 1 saturated carbocycles. The Morgan fingerprint density at radius 1 is 0.957 bits per heavy atom. The molecule has 3 aromatic carbocycles. The maximum Gasteiger partial charge on any atom is 0.316 e. The summed E-state index contributed by atoms with van der Waals surface area (Å²) in [5.41, 5.74) is 1.74. The van der Waals surface area contributed by atoms with Gasteiger partial charge >= 0.3 is 5.97 Å². The van der Waals surface area contributed by atoms with Crippen LogP contribution in [0.5, 0.6) is 0 Å². The van der Waals surface area contributed by atoms with Gasteiger partial charge in [-0.1, -0.05) is 72.8 Å². The molecule has 1 fully saturated rings. The fourth-order valence-corrected chi connectivity index (χ4v) is 3.77. The highest BCUT2D eigenvalue weighted by atomic mass is 16.5. The van der Waals surface area contributed by atoms with Crippen molar-refractivity contribution < 1.29 is 9.53 Å². The molecule has 0 saturated heterocycles. The predicted octanol–water partition coefficient (Wildman–Crippen LogP) is 4.44. The Hall–Kier alpha value is -2.61. The summed E-state index contributed by atoms with van der Waals surface area (Å²) in [6.45, 7) is 0. The van der Waals surface area contributed by atoms with Crippen LogP contribution in [0.25, 0.3) is 10.8 Å². The van der Waals surface area contributed by atoms with Gasteiger partial charge in [0.25, 0.3) is 0 Å². The second-order valence-corrected chi connectivity index (χ2v) is 6.15. The van der Waals surface area contributed by atoms with Gasteiger partial charge < -0.3 is 4.74 Å². The van der Waals surface area contributed by atoms with Gasteiger partial charge in [-0.25, -0.2) is 0 Å². The van der Waals surface area contributed by atoms with E-state index in [9.17, 15) is 4.79 Å². The van der Waals surface area contributed by atoms with Crippen LogP contribution >= 0.6 is 0 Å². The highest BCUT2D eigenvalue weighted by molar-refractivity contribution is 5.93. The van der Waals surface area contributed by atoms with Gasteiger partial charge in [0.15, 0.2) is 0 Å². The topological polar surface area (TPSA) is 26.3 Å². The van der Waals surface area contributed by atoms with Crippen LogP contribution in [0.2, 0.25) is 0 Å². The summed E-state index contributed by atoms with van der Waals surface area (Å²) in [7, 11) is 1.48. The molecule has 0 spiro atoms. The van der Waals surface area contributed by atoms with E-state index in [1.807, 2.05) is 36.4 Å². The lowest BCUT2D eigenvalue weighted by Crippen LogP contribution is -2.24. The summed E-state index contributed by atoms with van der Waals surface area (Å²) in [4.78, 5) is 12.6. The van der Waals surface area contributed by atoms with Gasteiger partial charge in [-0.3, -0.25) is 4.79 Å². The third-order valence-corrected chi connectivity index (χ3v) is 5.00. The van der Waals surface area contributed by atoms with Crippen molar-refractivity contribution in [1.29, 1.82) is 0 Å².